The molecule has 0 aromatic heterocycles. The summed E-state index contributed by atoms with van der Waals surface area (Å²) in [4.78, 5) is -5.55. The molecule has 0 saturated carbocycles. The minimum atomic E-state index is -5.30. The van der Waals surface area contributed by atoms with Crippen LogP contribution in [0.25, 0.3) is 0 Å². The first-order valence-electron chi connectivity index (χ1n) is 6.94. The van der Waals surface area contributed by atoms with Gasteiger partial charge in [-0.05, 0) is 12.1 Å². The van der Waals surface area contributed by atoms with Gasteiger partial charge in [0.05, 0.1) is 9.79 Å². The maximum atomic E-state index is 10.9. The Labute approximate surface area is 383 Å². The van der Waals surface area contributed by atoms with Gasteiger partial charge in [-0.25, -0.2) is 33.7 Å². The van der Waals surface area contributed by atoms with Gasteiger partial charge < -0.3 is 77.0 Å². The van der Waals surface area contributed by atoms with Crippen molar-refractivity contribution < 1.29 is 258 Å². The second-order valence-electron chi connectivity index (χ2n) is 5.31. The molecule has 2 aromatic carbocycles. The van der Waals surface area contributed by atoms with Gasteiger partial charge in [-0.1, -0.05) is 23.6 Å². The number of rotatable bonds is 4. The zero-order valence-corrected chi connectivity index (χ0v) is 39.2. The second kappa shape index (κ2) is 32.7. The van der Waals surface area contributed by atoms with Crippen LogP contribution in [0.4, 0.5) is 0 Å². The smallest absolute Gasteiger partial charge is 0.873 e. The molecule has 2 radical (unpaired) electrons. The van der Waals surface area contributed by atoms with Gasteiger partial charge in [0.1, 0.15) is 40.5 Å². The third-order valence-corrected chi connectivity index (χ3v) is 6.41. The van der Waals surface area contributed by atoms with E-state index in [0.29, 0.717) is 0 Å². The Hall–Kier alpha value is 2.82. The van der Waals surface area contributed by atoms with Gasteiger partial charge in [-0.3, -0.25) is 0 Å². The van der Waals surface area contributed by atoms with Crippen LogP contribution in [0, 0.1) is 0 Å². The van der Waals surface area contributed by atoms with Crippen LogP contribution in [0.15, 0.2) is 43.8 Å². The monoisotopic (exact) mass is 894 g/mol. The standard InChI is InChI=1S/2C6H6O8S2.5Na.7H2O.Sb/c2*7-4-1-3(15(9,10)11)2-5(6(4)8)16(12,13)14;;;;;;;;;;;;;/h2*1-2,7-8H,(H,9,10,11)(H,12,13,14);;;;;;7*1H2;/q;;5*+1;;;;;;;;+3/p-8. The Kier molecular flexibility index (Phi) is 62.8. The molecule has 45 heavy (non-hydrogen) atoms. The molecule has 0 fully saturated rings. The Morgan fingerprint density at radius 1 is 0.378 bits per heavy atom. The van der Waals surface area contributed by atoms with Gasteiger partial charge in [-0.15, -0.1) is 11.5 Å². The topological polar surface area (TPSA) is 542 Å². The van der Waals surface area contributed by atoms with Crippen molar-refractivity contribution >= 4 is 64.9 Å². The number of hydrogen-bond acceptors (Lipinski definition) is 16. The van der Waals surface area contributed by atoms with Crippen molar-refractivity contribution in [2.75, 3.05) is 0 Å². The molecule has 2 aromatic rings. The Bertz CT molecular complexity index is 1400. The van der Waals surface area contributed by atoms with Crippen LogP contribution in [0.2, 0.25) is 0 Å². The van der Waals surface area contributed by atoms with E-state index in [1.54, 1.807) is 0 Å². The molecule has 0 aliphatic heterocycles. The van der Waals surface area contributed by atoms with E-state index < -0.39 is 83.1 Å². The molecule has 2 rings (SSSR count). The molecule has 0 spiro atoms. The fourth-order valence-corrected chi connectivity index (χ4v) is 4.14. The molecule has 0 aliphatic rings. The molecule has 23 nitrogen and oxygen atoms in total. The molecule has 0 amide bonds. The van der Waals surface area contributed by atoms with E-state index in [1.807, 2.05) is 0 Å². The van der Waals surface area contributed by atoms with Crippen molar-refractivity contribution in [1.82, 2.24) is 0 Å². The van der Waals surface area contributed by atoms with Gasteiger partial charge >= 0.3 is 172 Å². The van der Waals surface area contributed by atoms with Crippen molar-refractivity contribution in [3.8, 4) is 23.0 Å². The predicted octanol–water partition coefficient (Wildman–Crippen LogP) is -25.8. The number of benzene rings is 2. The van der Waals surface area contributed by atoms with Crippen molar-refractivity contribution in [3.05, 3.63) is 24.3 Å². The zero-order chi connectivity index (χ0) is 25.4. The normalized spacial score (nSPS) is 8.98. The molecule has 0 heterocycles. The van der Waals surface area contributed by atoms with E-state index in [4.69, 9.17) is 0 Å². The summed E-state index contributed by atoms with van der Waals surface area (Å²) in [5.74, 6) is -6.43. The fraction of sp³-hybridized carbons (Fsp3) is 0. The quantitative estimate of drug-likeness (QED) is 0.203. The Morgan fingerprint density at radius 3 is 0.689 bits per heavy atom. The van der Waals surface area contributed by atoms with Crippen LogP contribution in [0.3, 0.4) is 0 Å². The summed E-state index contributed by atoms with van der Waals surface area (Å²) < 4.78 is 126. The maximum absolute atomic E-state index is 10.9. The average Bonchev–Trinajstić information content (AvgIpc) is 2.56. The first-order valence-corrected chi connectivity index (χ1v) is 12.6. The van der Waals surface area contributed by atoms with Gasteiger partial charge in [0.25, 0.3) is 0 Å². The first-order chi connectivity index (χ1) is 14.1. The SMILES string of the molecule is O.O.O.O.O.O.O.O=S(=O)([O-])c1cc([O-])c([O-])c(S(=O)(=O)[O-])c1.O=S(=O)([O-])c1cc([O-])c([O-])c(S(=O)(=O)[O-])c1.[Na+].[Na+].[Na+].[Na+].[Na+].[Sb+3]. The first kappa shape index (κ1) is 86.5. The Morgan fingerprint density at radius 2 is 0.556 bits per heavy atom. The molecule has 0 bridgehead atoms. The predicted molar refractivity (Wildman–Crippen MR) is 114 cm³/mol. The van der Waals surface area contributed by atoms with E-state index in [9.17, 15) is 72.3 Å². The maximum Gasteiger partial charge on any atom is 3.00 e. The van der Waals surface area contributed by atoms with Crippen LogP contribution in [0.1, 0.15) is 0 Å². The van der Waals surface area contributed by atoms with Crippen molar-refractivity contribution in [3.63, 3.8) is 0 Å². The van der Waals surface area contributed by atoms with Gasteiger partial charge in [-0.2, -0.15) is 0 Å². The Balaban J connectivity index is -0.0000000321. The van der Waals surface area contributed by atoms with Gasteiger partial charge in [0.2, 0.25) is 0 Å². The second-order valence-corrected chi connectivity index (χ2v) is 10.8. The third kappa shape index (κ3) is 27.2. The van der Waals surface area contributed by atoms with E-state index in [-0.39, 0.29) is 235 Å². The van der Waals surface area contributed by atoms with Gasteiger partial charge in [0.15, 0.2) is 0 Å². The summed E-state index contributed by atoms with van der Waals surface area (Å²) in [6.07, 6.45) is 0. The molecule has 0 unspecified atom stereocenters. The van der Waals surface area contributed by atoms with Crippen LogP contribution >= 0.6 is 0 Å². The van der Waals surface area contributed by atoms with Crippen LogP contribution in [0.5, 0.6) is 23.0 Å². The molecule has 33 heteroatoms. The molecule has 14 N–H and O–H groups in total. The van der Waals surface area contributed by atoms with Crippen molar-refractivity contribution in [2.45, 2.75) is 19.6 Å². The molecular weight excluding hydrogens is 877 g/mol. The van der Waals surface area contributed by atoms with E-state index in [0.717, 1.165) is 0 Å². The summed E-state index contributed by atoms with van der Waals surface area (Å²) in [5, 5.41) is 43.5. The summed E-state index contributed by atoms with van der Waals surface area (Å²) in [7, 11) is -20.8. The fourth-order valence-electron chi connectivity index (χ4n) is 1.77. The zero-order valence-electron chi connectivity index (χ0n) is 23.4. The number of hydrogen-bond donors (Lipinski definition) is 0. The molecular formula is C12H18Na5O23S4Sb. The van der Waals surface area contributed by atoms with E-state index >= 15 is 0 Å². The average molecular weight is 895 g/mol. The third-order valence-electron chi connectivity index (χ3n) is 3.10. The van der Waals surface area contributed by atoms with Gasteiger partial charge in [0, 0.05) is 9.79 Å². The molecule has 0 atom stereocenters. The van der Waals surface area contributed by atoms with E-state index in [2.05, 4.69) is 0 Å². The molecule has 0 saturated heterocycles. The summed E-state index contributed by atoms with van der Waals surface area (Å²) in [6.45, 7) is 0. The largest absolute Gasteiger partial charge is 3.00 e. The summed E-state index contributed by atoms with van der Waals surface area (Å²) >= 11 is 0. The minimum absolute atomic E-state index is 0. The van der Waals surface area contributed by atoms with Crippen LogP contribution in [-0.4, -0.2) is 115 Å². The van der Waals surface area contributed by atoms with E-state index in [1.165, 1.54) is 0 Å². The van der Waals surface area contributed by atoms with Crippen molar-refractivity contribution in [1.29, 1.82) is 0 Å². The van der Waals surface area contributed by atoms with Crippen LogP contribution in [-0.2, 0) is 40.5 Å². The molecule has 238 valence electrons. The van der Waals surface area contributed by atoms with Crippen molar-refractivity contribution in [2.24, 2.45) is 0 Å². The molecule has 0 aliphatic carbocycles. The minimum Gasteiger partial charge on any atom is -0.873 e. The van der Waals surface area contributed by atoms with Crippen LogP contribution < -0.4 is 168 Å². The summed E-state index contributed by atoms with van der Waals surface area (Å²) in [5.41, 5.74) is 0. The summed E-state index contributed by atoms with van der Waals surface area (Å²) in [6, 6.07) is 0.488.